The summed E-state index contributed by atoms with van der Waals surface area (Å²) in [6.45, 7) is 4.40. The van der Waals surface area contributed by atoms with E-state index in [1.165, 1.54) is 0 Å². The highest BCUT2D eigenvalue weighted by atomic mass is 32.2. The van der Waals surface area contributed by atoms with E-state index in [2.05, 4.69) is 24.9 Å². The quantitative estimate of drug-likeness (QED) is 0.771. The van der Waals surface area contributed by atoms with Crippen molar-refractivity contribution in [3.8, 4) is 0 Å². The summed E-state index contributed by atoms with van der Waals surface area (Å²) in [7, 11) is -3.13. The van der Waals surface area contributed by atoms with Crippen molar-refractivity contribution in [3.05, 3.63) is 18.5 Å². The SMILES string of the molecule is CCS(=O)(=O)NCC[C@H]1CCOC12CN(c1ccc3nncn3n1)C2. The molecule has 0 aromatic carbocycles. The molecule has 2 fully saturated rings. The van der Waals surface area contributed by atoms with E-state index in [1.807, 2.05) is 12.1 Å². The van der Waals surface area contributed by atoms with Crippen LogP contribution in [0.25, 0.3) is 5.65 Å². The maximum atomic E-state index is 11.6. The van der Waals surface area contributed by atoms with Crippen LogP contribution < -0.4 is 9.62 Å². The Bertz CT molecular complexity index is 861. The molecule has 4 rings (SSSR count). The van der Waals surface area contributed by atoms with Crippen molar-refractivity contribution >= 4 is 21.5 Å². The number of rotatable bonds is 6. The highest BCUT2D eigenvalue weighted by molar-refractivity contribution is 7.89. The molecule has 9 nitrogen and oxygen atoms in total. The second-order valence-corrected chi connectivity index (χ2v) is 8.76. The Morgan fingerprint density at radius 3 is 3.04 bits per heavy atom. The van der Waals surface area contributed by atoms with Gasteiger partial charge < -0.3 is 9.64 Å². The fourth-order valence-corrected chi connectivity index (χ4v) is 4.31. The van der Waals surface area contributed by atoms with Crippen LogP contribution in [0.5, 0.6) is 0 Å². The maximum absolute atomic E-state index is 11.6. The summed E-state index contributed by atoms with van der Waals surface area (Å²) in [6.07, 6.45) is 3.35. The van der Waals surface area contributed by atoms with Gasteiger partial charge in [0.25, 0.3) is 0 Å². The van der Waals surface area contributed by atoms with Crippen molar-refractivity contribution in [2.75, 3.05) is 36.9 Å². The van der Waals surface area contributed by atoms with Crippen molar-refractivity contribution in [1.29, 1.82) is 0 Å². The van der Waals surface area contributed by atoms with Crippen molar-refractivity contribution in [1.82, 2.24) is 24.5 Å². The van der Waals surface area contributed by atoms with E-state index in [4.69, 9.17) is 4.74 Å². The Hall–Kier alpha value is -1.78. The standard InChI is InChI=1S/C15H22N6O3S/c1-2-25(22,23)17-7-5-12-6-8-24-15(12)9-20(10-15)14-4-3-13-18-16-11-21(13)19-14/h3-4,11-12,17H,2,5-10H2,1H3/t12-/m0/s1. The number of hydrogen-bond donors (Lipinski definition) is 1. The number of ether oxygens (including phenoxy) is 1. The molecular formula is C15H22N6O3S. The summed E-state index contributed by atoms with van der Waals surface area (Å²) >= 11 is 0. The number of fused-ring (bicyclic) bond motifs is 1. The second-order valence-electron chi connectivity index (χ2n) is 6.67. The largest absolute Gasteiger partial charge is 0.371 e. The number of sulfonamides is 1. The van der Waals surface area contributed by atoms with E-state index in [9.17, 15) is 8.42 Å². The lowest BCUT2D eigenvalue weighted by atomic mass is 9.79. The molecule has 0 aliphatic carbocycles. The molecular weight excluding hydrogens is 344 g/mol. The Labute approximate surface area is 146 Å². The molecule has 2 saturated heterocycles. The lowest BCUT2D eigenvalue weighted by molar-refractivity contribution is -0.0454. The Kier molecular flexibility index (Phi) is 4.13. The fraction of sp³-hybridized carbons (Fsp3) is 0.667. The van der Waals surface area contributed by atoms with Gasteiger partial charge >= 0.3 is 0 Å². The number of aromatic nitrogens is 4. The molecule has 2 aromatic rings. The van der Waals surface area contributed by atoms with Gasteiger partial charge in [0.05, 0.1) is 18.8 Å². The molecule has 0 amide bonds. The summed E-state index contributed by atoms with van der Waals surface area (Å²) in [6, 6.07) is 3.84. The normalized spacial score (nSPS) is 22.6. The molecule has 0 bridgehead atoms. The van der Waals surface area contributed by atoms with Gasteiger partial charge in [-0.2, -0.15) is 4.52 Å². The zero-order valence-electron chi connectivity index (χ0n) is 14.1. The van der Waals surface area contributed by atoms with Gasteiger partial charge in [0.2, 0.25) is 10.0 Å². The van der Waals surface area contributed by atoms with Crippen LogP contribution >= 0.6 is 0 Å². The Balaban J connectivity index is 1.38. The third-order valence-corrected chi connectivity index (χ3v) is 6.59. The average Bonchev–Trinajstić information content (AvgIpc) is 3.19. The van der Waals surface area contributed by atoms with Gasteiger partial charge in [-0.3, -0.25) is 0 Å². The van der Waals surface area contributed by atoms with Gasteiger partial charge in [0.15, 0.2) is 5.65 Å². The number of nitrogens with one attached hydrogen (secondary N) is 1. The topological polar surface area (TPSA) is 102 Å². The summed E-state index contributed by atoms with van der Waals surface area (Å²) in [5.41, 5.74) is 0.541. The molecule has 0 unspecified atom stereocenters. The molecule has 1 atom stereocenters. The van der Waals surface area contributed by atoms with Gasteiger partial charge in [-0.1, -0.05) is 0 Å². The minimum atomic E-state index is -3.13. The molecule has 2 aromatic heterocycles. The van der Waals surface area contributed by atoms with E-state index in [-0.39, 0.29) is 11.4 Å². The van der Waals surface area contributed by atoms with E-state index in [0.717, 1.165) is 44.0 Å². The lowest BCUT2D eigenvalue weighted by Gasteiger charge is -2.50. The zero-order chi connectivity index (χ0) is 17.5. The zero-order valence-corrected chi connectivity index (χ0v) is 14.9. The number of hydrogen-bond acceptors (Lipinski definition) is 7. The molecule has 136 valence electrons. The van der Waals surface area contributed by atoms with Gasteiger partial charge in [-0.25, -0.2) is 13.1 Å². The average molecular weight is 366 g/mol. The maximum Gasteiger partial charge on any atom is 0.211 e. The molecule has 2 aliphatic rings. The predicted octanol–water partition coefficient (Wildman–Crippen LogP) is 0.0490. The highest BCUT2D eigenvalue weighted by Crippen LogP contribution is 2.42. The van der Waals surface area contributed by atoms with Gasteiger partial charge in [0, 0.05) is 13.2 Å². The first kappa shape index (κ1) is 16.7. The first-order valence-corrected chi connectivity index (χ1v) is 10.2. The van der Waals surface area contributed by atoms with Crippen LogP contribution in [0.3, 0.4) is 0 Å². The first-order chi connectivity index (χ1) is 12.0. The molecule has 25 heavy (non-hydrogen) atoms. The minimum Gasteiger partial charge on any atom is -0.371 e. The number of anilines is 1. The summed E-state index contributed by atoms with van der Waals surface area (Å²) in [5, 5.41) is 12.3. The summed E-state index contributed by atoms with van der Waals surface area (Å²) in [5.74, 6) is 1.35. The molecule has 4 heterocycles. The van der Waals surface area contributed by atoms with Crippen molar-refractivity contribution in [2.24, 2.45) is 5.92 Å². The predicted molar refractivity (Wildman–Crippen MR) is 91.9 cm³/mol. The summed E-state index contributed by atoms with van der Waals surface area (Å²) < 4.78 is 33.5. The Morgan fingerprint density at radius 2 is 2.24 bits per heavy atom. The van der Waals surface area contributed by atoms with E-state index >= 15 is 0 Å². The molecule has 10 heteroatoms. The van der Waals surface area contributed by atoms with Crippen LogP contribution in [0, 0.1) is 5.92 Å². The Morgan fingerprint density at radius 1 is 1.40 bits per heavy atom. The minimum absolute atomic E-state index is 0.115. The van der Waals surface area contributed by atoms with Crippen LogP contribution in [0.2, 0.25) is 0 Å². The molecule has 0 saturated carbocycles. The van der Waals surface area contributed by atoms with Crippen LogP contribution in [0.4, 0.5) is 5.82 Å². The highest BCUT2D eigenvalue weighted by Gasteiger charge is 2.53. The fourth-order valence-electron chi connectivity index (χ4n) is 3.68. The monoisotopic (exact) mass is 366 g/mol. The number of nitrogens with zero attached hydrogens (tertiary/aromatic N) is 5. The van der Waals surface area contributed by atoms with Crippen molar-refractivity contribution < 1.29 is 13.2 Å². The van der Waals surface area contributed by atoms with E-state index < -0.39 is 10.0 Å². The lowest BCUT2D eigenvalue weighted by Crippen LogP contribution is -2.65. The molecule has 1 N–H and O–H groups in total. The van der Waals surface area contributed by atoms with Gasteiger partial charge in [-0.15, -0.1) is 15.3 Å². The van der Waals surface area contributed by atoms with Gasteiger partial charge in [0.1, 0.15) is 17.7 Å². The van der Waals surface area contributed by atoms with E-state index in [0.29, 0.717) is 12.5 Å². The smallest absolute Gasteiger partial charge is 0.211 e. The van der Waals surface area contributed by atoms with E-state index in [1.54, 1.807) is 17.8 Å². The van der Waals surface area contributed by atoms with Crippen molar-refractivity contribution in [3.63, 3.8) is 0 Å². The van der Waals surface area contributed by atoms with Crippen molar-refractivity contribution in [2.45, 2.75) is 25.4 Å². The van der Waals surface area contributed by atoms with Crippen LogP contribution in [0.1, 0.15) is 19.8 Å². The third kappa shape index (κ3) is 3.09. The van der Waals surface area contributed by atoms with Crippen LogP contribution in [-0.4, -0.2) is 65.8 Å². The first-order valence-electron chi connectivity index (χ1n) is 8.55. The second kappa shape index (κ2) is 6.19. The van der Waals surface area contributed by atoms with Gasteiger partial charge in [-0.05, 0) is 37.8 Å². The molecule has 1 spiro atoms. The summed E-state index contributed by atoms with van der Waals surface area (Å²) in [4.78, 5) is 2.17. The third-order valence-electron chi connectivity index (χ3n) is 5.18. The van der Waals surface area contributed by atoms with Crippen LogP contribution in [-0.2, 0) is 14.8 Å². The molecule has 2 aliphatic heterocycles. The van der Waals surface area contributed by atoms with Crippen LogP contribution in [0.15, 0.2) is 18.5 Å². The molecule has 0 radical (unpaired) electrons.